The summed E-state index contributed by atoms with van der Waals surface area (Å²) in [5.41, 5.74) is 0. The molecule has 6 nitrogen and oxygen atoms in total. The highest BCUT2D eigenvalue weighted by atomic mass is 32.1. The average molecular weight is 418 g/mol. The van der Waals surface area contributed by atoms with Gasteiger partial charge in [-0.2, -0.15) is 13.2 Å². The van der Waals surface area contributed by atoms with Crippen molar-refractivity contribution in [2.75, 3.05) is 36.0 Å². The quantitative estimate of drug-likeness (QED) is 0.605. The molecule has 3 aromatic heterocycles. The topological polar surface area (TPSA) is 58.0 Å². The molecule has 0 aromatic carbocycles. The molecule has 1 saturated heterocycles. The van der Waals surface area contributed by atoms with Gasteiger partial charge in [0.15, 0.2) is 0 Å². The lowest BCUT2D eigenvalue weighted by molar-refractivity contribution is -0.126. The van der Waals surface area contributed by atoms with Crippen LogP contribution >= 0.6 is 22.7 Å². The fraction of sp³-hybridized carbons (Fsp3) is 0.467. The van der Waals surface area contributed by atoms with Crippen LogP contribution in [-0.4, -0.2) is 52.5 Å². The molecule has 0 radical (unpaired) electrons. The molecule has 4 rings (SSSR count). The number of piperazine rings is 1. The smallest absolute Gasteiger partial charge is 0.352 e. The molecule has 0 bridgehead atoms. The first-order chi connectivity index (χ1) is 12.9. The van der Waals surface area contributed by atoms with E-state index in [0.717, 1.165) is 11.3 Å². The minimum Gasteiger partial charge on any atom is -0.352 e. The first kappa shape index (κ1) is 18.3. The third kappa shape index (κ3) is 3.95. The zero-order chi connectivity index (χ0) is 19.0. The first-order valence-corrected chi connectivity index (χ1v) is 9.74. The molecule has 0 N–H and O–H groups in total. The normalized spacial score (nSPS) is 15.7. The summed E-state index contributed by atoms with van der Waals surface area (Å²) in [5.74, 6) is 0.644. The minimum absolute atomic E-state index is 0.227. The molecular weight excluding hydrogens is 404 g/mol. The highest BCUT2D eigenvalue weighted by Gasteiger charge is 2.29. The molecule has 144 valence electrons. The van der Waals surface area contributed by atoms with Crippen molar-refractivity contribution < 1.29 is 17.6 Å². The monoisotopic (exact) mass is 418 g/mol. The number of fused-ring (bicyclic) bond motifs is 1. The molecule has 1 aliphatic heterocycles. The third-order valence-electron chi connectivity index (χ3n) is 4.15. The molecular formula is C15H14F4N6S2. The number of halogens is 4. The van der Waals surface area contributed by atoms with Crippen LogP contribution in [0.3, 0.4) is 0 Å². The van der Waals surface area contributed by atoms with Crippen LogP contribution in [-0.2, 0) is 13.1 Å². The van der Waals surface area contributed by atoms with Crippen molar-refractivity contribution in [2.45, 2.75) is 19.3 Å². The molecule has 0 saturated carbocycles. The van der Waals surface area contributed by atoms with Gasteiger partial charge in [-0.15, -0.1) is 21.5 Å². The molecule has 0 aliphatic carbocycles. The SMILES string of the molecule is FCc1nnc(N2CCN(c3ncnc4sc(CC(F)(F)F)cc34)CC2)s1. The van der Waals surface area contributed by atoms with Gasteiger partial charge in [-0.05, 0) is 6.07 Å². The van der Waals surface area contributed by atoms with Crippen LogP contribution in [0.1, 0.15) is 9.88 Å². The summed E-state index contributed by atoms with van der Waals surface area (Å²) in [4.78, 5) is 13.2. The Labute approximate surface area is 159 Å². The molecule has 0 atom stereocenters. The van der Waals surface area contributed by atoms with E-state index in [0.29, 0.717) is 52.4 Å². The number of hydrogen-bond donors (Lipinski definition) is 0. The molecule has 0 amide bonds. The fourth-order valence-electron chi connectivity index (χ4n) is 2.97. The lowest BCUT2D eigenvalue weighted by Crippen LogP contribution is -2.46. The number of hydrogen-bond acceptors (Lipinski definition) is 8. The van der Waals surface area contributed by atoms with Crippen molar-refractivity contribution in [3.63, 3.8) is 0 Å². The second-order valence-electron chi connectivity index (χ2n) is 6.01. The van der Waals surface area contributed by atoms with Gasteiger partial charge in [0.1, 0.15) is 28.7 Å². The van der Waals surface area contributed by atoms with E-state index < -0.39 is 19.3 Å². The summed E-state index contributed by atoms with van der Waals surface area (Å²) in [5, 5.41) is 9.46. The lowest BCUT2D eigenvalue weighted by atomic mass is 10.2. The van der Waals surface area contributed by atoms with Crippen LogP contribution < -0.4 is 9.80 Å². The van der Waals surface area contributed by atoms with E-state index in [9.17, 15) is 17.6 Å². The predicted molar refractivity (Wildman–Crippen MR) is 96.3 cm³/mol. The summed E-state index contributed by atoms with van der Waals surface area (Å²) in [6, 6.07) is 1.54. The van der Waals surface area contributed by atoms with Gasteiger partial charge in [0.05, 0.1) is 11.8 Å². The van der Waals surface area contributed by atoms with E-state index in [1.165, 1.54) is 23.7 Å². The number of alkyl halides is 4. The van der Waals surface area contributed by atoms with Crippen molar-refractivity contribution in [3.05, 3.63) is 22.3 Å². The van der Waals surface area contributed by atoms with Crippen LogP contribution in [0.2, 0.25) is 0 Å². The summed E-state index contributed by atoms with van der Waals surface area (Å²) in [7, 11) is 0. The molecule has 4 heterocycles. The van der Waals surface area contributed by atoms with E-state index in [-0.39, 0.29) is 4.88 Å². The van der Waals surface area contributed by atoms with E-state index in [1.54, 1.807) is 0 Å². The van der Waals surface area contributed by atoms with E-state index in [4.69, 9.17) is 0 Å². The van der Waals surface area contributed by atoms with Crippen LogP contribution in [0.5, 0.6) is 0 Å². The Balaban J connectivity index is 1.51. The lowest BCUT2D eigenvalue weighted by Gasteiger charge is -2.35. The zero-order valence-electron chi connectivity index (χ0n) is 13.9. The Morgan fingerprint density at radius 2 is 1.74 bits per heavy atom. The van der Waals surface area contributed by atoms with Crippen molar-refractivity contribution in [2.24, 2.45) is 0 Å². The summed E-state index contributed by atoms with van der Waals surface area (Å²) < 4.78 is 50.7. The van der Waals surface area contributed by atoms with Crippen molar-refractivity contribution in [1.82, 2.24) is 20.2 Å². The van der Waals surface area contributed by atoms with Gasteiger partial charge >= 0.3 is 6.18 Å². The highest BCUT2D eigenvalue weighted by molar-refractivity contribution is 7.18. The number of aromatic nitrogens is 4. The number of thiophene rings is 1. The maximum atomic E-state index is 12.7. The van der Waals surface area contributed by atoms with Gasteiger partial charge in [-0.1, -0.05) is 11.3 Å². The van der Waals surface area contributed by atoms with Crippen molar-refractivity contribution in [3.8, 4) is 0 Å². The van der Waals surface area contributed by atoms with Crippen LogP contribution in [0.25, 0.3) is 10.2 Å². The standard InChI is InChI=1S/C15H14F4N6S2/c16-7-11-22-23-14(27-11)25-3-1-24(2-4-25)12-10-5-9(6-15(17,18)19)26-13(10)21-8-20-12/h5,8H,1-4,6-7H2. The third-order valence-corrected chi connectivity index (χ3v) is 6.15. The Kier molecular flexibility index (Phi) is 4.84. The summed E-state index contributed by atoms with van der Waals surface area (Å²) in [6.45, 7) is 1.91. The van der Waals surface area contributed by atoms with Crippen LogP contribution in [0.15, 0.2) is 12.4 Å². The van der Waals surface area contributed by atoms with Crippen molar-refractivity contribution in [1.29, 1.82) is 0 Å². The number of nitrogens with zero attached hydrogens (tertiary/aromatic N) is 6. The average Bonchev–Trinajstić information content (AvgIpc) is 3.26. The van der Waals surface area contributed by atoms with Gasteiger partial charge in [-0.25, -0.2) is 14.4 Å². The second kappa shape index (κ2) is 7.15. The maximum absolute atomic E-state index is 12.7. The molecule has 0 spiro atoms. The number of anilines is 2. The van der Waals surface area contributed by atoms with Crippen LogP contribution in [0.4, 0.5) is 28.5 Å². The molecule has 3 aromatic rings. The fourth-order valence-corrected chi connectivity index (χ4v) is 4.73. The van der Waals surface area contributed by atoms with Crippen LogP contribution in [0, 0.1) is 0 Å². The predicted octanol–water partition coefficient (Wildman–Crippen LogP) is 3.44. The van der Waals surface area contributed by atoms with E-state index in [1.807, 2.05) is 9.80 Å². The molecule has 0 unspecified atom stereocenters. The van der Waals surface area contributed by atoms with E-state index in [2.05, 4.69) is 20.2 Å². The Bertz CT molecular complexity index is 932. The first-order valence-electron chi connectivity index (χ1n) is 8.11. The maximum Gasteiger partial charge on any atom is 0.393 e. The van der Waals surface area contributed by atoms with Gasteiger partial charge in [0.2, 0.25) is 5.13 Å². The highest BCUT2D eigenvalue weighted by Crippen LogP contribution is 2.34. The van der Waals surface area contributed by atoms with E-state index >= 15 is 0 Å². The summed E-state index contributed by atoms with van der Waals surface area (Å²) in [6.07, 6.45) is -3.83. The van der Waals surface area contributed by atoms with Gasteiger partial charge in [0.25, 0.3) is 0 Å². The summed E-state index contributed by atoms with van der Waals surface area (Å²) >= 11 is 2.27. The van der Waals surface area contributed by atoms with Crippen molar-refractivity contribution >= 4 is 43.8 Å². The minimum atomic E-state index is -4.25. The Hall–Kier alpha value is -2.08. The van der Waals surface area contributed by atoms with Gasteiger partial charge in [0, 0.05) is 31.1 Å². The molecule has 12 heteroatoms. The second-order valence-corrected chi connectivity index (χ2v) is 8.16. The molecule has 1 fully saturated rings. The molecule has 1 aliphatic rings. The Morgan fingerprint density at radius 1 is 1.00 bits per heavy atom. The number of rotatable bonds is 4. The Morgan fingerprint density at radius 3 is 2.41 bits per heavy atom. The zero-order valence-corrected chi connectivity index (χ0v) is 15.5. The molecule has 27 heavy (non-hydrogen) atoms. The largest absolute Gasteiger partial charge is 0.393 e. The van der Waals surface area contributed by atoms with Gasteiger partial charge < -0.3 is 9.80 Å². The van der Waals surface area contributed by atoms with Gasteiger partial charge in [-0.3, -0.25) is 0 Å².